The Kier molecular flexibility index (Phi) is 4.62. The first-order valence-electron chi connectivity index (χ1n) is 7.20. The molecule has 0 radical (unpaired) electrons. The lowest BCUT2D eigenvalue weighted by Crippen LogP contribution is -2.43. The van der Waals surface area contributed by atoms with Crippen LogP contribution in [-0.4, -0.2) is 39.8 Å². The van der Waals surface area contributed by atoms with Crippen molar-refractivity contribution in [2.24, 2.45) is 0 Å². The highest BCUT2D eigenvalue weighted by molar-refractivity contribution is 7.09. The van der Waals surface area contributed by atoms with E-state index in [2.05, 4.69) is 32.2 Å². The van der Waals surface area contributed by atoms with Crippen LogP contribution in [0.1, 0.15) is 17.1 Å². The van der Waals surface area contributed by atoms with E-state index in [1.807, 2.05) is 10.7 Å². The van der Waals surface area contributed by atoms with Crippen LogP contribution in [0, 0.1) is 0 Å². The standard InChI is InChI=1S/C14H19N5OS/c20-14(15-6-5-12-2-1-7-21-12)8-16-11-3-4-13-17-10-18-19(13)9-11/h1-2,7,10-11,16H,3-6,8-9H2,(H,15,20). The second-order valence-electron chi connectivity index (χ2n) is 5.15. The minimum Gasteiger partial charge on any atom is -0.355 e. The first-order valence-corrected chi connectivity index (χ1v) is 8.08. The SMILES string of the molecule is O=C(CNC1CCc2ncnn2C1)NCCc1cccs1. The topological polar surface area (TPSA) is 71.8 Å². The van der Waals surface area contributed by atoms with Gasteiger partial charge >= 0.3 is 0 Å². The Morgan fingerprint density at radius 1 is 1.52 bits per heavy atom. The summed E-state index contributed by atoms with van der Waals surface area (Å²) in [5.74, 6) is 1.09. The van der Waals surface area contributed by atoms with Crippen molar-refractivity contribution in [3.63, 3.8) is 0 Å². The number of thiophene rings is 1. The fourth-order valence-electron chi connectivity index (χ4n) is 2.48. The lowest BCUT2D eigenvalue weighted by Gasteiger charge is -2.23. The minimum atomic E-state index is 0.0518. The molecule has 21 heavy (non-hydrogen) atoms. The zero-order valence-corrected chi connectivity index (χ0v) is 12.6. The molecule has 1 amide bonds. The van der Waals surface area contributed by atoms with Crippen LogP contribution < -0.4 is 10.6 Å². The highest BCUT2D eigenvalue weighted by Gasteiger charge is 2.19. The van der Waals surface area contributed by atoms with Gasteiger partial charge in [0.15, 0.2) is 0 Å². The maximum atomic E-state index is 11.8. The summed E-state index contributed by atoms with van der Waals surface area (Å²) in [5, 5.41) is 12.5. The molecule has 0 bridgehead atoms. The van der Waals surface area contributed by atoms with E-state index in [-0.39, 0.29) is 5.91 Å². The molecule has 0 saturated carbocycles. The van der Waals surface area contributed by atoms with Gasteiger partial charge < -0.3 is 10.6 Å². The van der Waals surface area contributed by atoms with Crippen molar-refractivity contribution in [1.29, 1.82) is 0 Å². The average Bonchev–Trinajstić information content (AvgIpc) is 3.15. The number of nitrogens with one attached hydrogen (secondary N) is 2. The fraction of sp³-hybridized carbons (Fsp3) is 0.500. The second-order valence-corrected chi connectivity index (χ2v) is 6.19. The van der Waals surface area contributed by atoms with Crippen LogP contribution in [0.5, 0.6) is 0 Å². The Morgan fingerprint density at radius 3 is 3.33 bits per heavy atom. The molecule has 112 valence electrons. The fourth-order valence-corrected chi connectivity index (χ4v) is 3.19. The van der Waals surface area contributed by atoms with E-state index in [1.54, 1.807) is 17.7 Å². The van der Waals surface area contributed by atoms with Gasteiger partial charge in [-0.05, 0) is 24.3 Å². The van der Waals surface area contributed by atoms with E-state index in [0.717, 1.165) is 31.6 Å². The third-order valence-electron chi connectivity index (χ3n) is 3.63. The van der Waals surface area contributed by atoms with Gasteiger partial charge in [0, 0.05) is 23.9 Å². The molecule has 0 saturated heterocycles. The van der Waals surface area contributed by atoms with Crippen molar-refractivity contribution >= 4 is 17.2 Å². The summed E-state index contributed by atoms with van der Waals surface area (Å²) in [6, 6.07) is 4.42. The number of aromatic nitrogens is 3. The van der Waals surface area contributed by atoms with Gasteiger partial charge in [0.05, 0.1) is 13.1 Å². The molecule has 0 aromatic carbocycles. The Hall–Kier alpha value is -1.73. The summed E-state index contributed by atoms with van der Waals surface area (Å²) >= 11 is 1.72. The molecule has 1 aliphatic rings. The summed E-state index contributed by atoms with van der Waals surface area (Å²) in [6.45, 7) is 1.84. The summed E-state index contributed by atoms with van der Waals surface area (Å²) in [5.41, 5.74) is 0. The molecular weight excluding hydrogens is 286 g/mol. The Bertz CT molecular complexity index is 580. The van der Waals surface area contributed by atoms with E-state index >= 15 is 0 Å². The number of nitrogens with zero attached hydrogens (tertiary/aromatic N) is 3. The van der Waals surface area contributed by atoms with Crippen LogP contribution in [0.2, 0.25) is 0 Å². The number of fused-ring (bicyclic) bond motifs is 1. The van der Waals surface area contributed by atoms with E-state index in [1.165, 1.54) is 4.88 Å². The number of hydrogen-bond acceptors (Lipinski definition) is 5. The smallest absolute Gasteiger partial charge is 0.233 e. The van der Waals surface area contributed by atoms with Gasteiger partial charge in [0.2, 0.25) is 5.91 Å². The van der Waals surface area contributed by atoms with E-state index < -0.39 is 0 Å². The van der Waals surface area contributed by atoms with Crippen LogP contribution in [0.4, 0.5) is 0 Å². The highest BCUT2D eigenvalue weighted by Crippen LogP contribution is 2.11. The van der Waals surface area contributed by atoms with Crippen molar-refractivity contribution in [2.45, 2.75) is 31.8 Å². The molecule has 3 heterocycles. The molecule has 0 spiro atoms. The number of hydrogen-bond donors (Lipinski definition) is 2. The van der Waals surface area contributed by atoms with Gasteiger partial charge in [-0.25, -0.2) is 9.67 Å². The van der Waals surface area contributed by atoms with Crippen molar-refractivity contribution in [3.8, 4) is 0 Å². The number of carbonyl (C=O) groups excluding carboxylic acids is 1. The highest BCUT2D eigenvalue weighted by atomic mass is 32.1. The molecule has 0 aliphatic carbocycles. The third-order valence-corrected chi connectivity index (χ3v) is 4.57. The van der Waals surface area contributed by atoms with Gasteiger partial charge in [-0.3, -0.25) is 4.79 Å². The van der Waals surface area contributed by atoms with E-state index in [9.17, 15) is 4.79 Å². The predicted octanol–water partition coefficient (Wildman–Crippen LogP) is 0.603. The first kappa shape index (κ1) is 14.2. The van der Waals surface area contributed by atoms with E-state index in [0.29, 0.717) is 19.1 Å². The Labute approximate surface area is 127 Å². The molecule has 2 aromatic rings. The van der Waals surface area contributed by atoms with Gasteiger partial charge in [0.25, 0.3) is 0 Å². The van der Waals surface area contributed by atoms with Gasteiger partial charge in [-0.2, -0.15) is 5.10 Å². The van der Waals surface area contributed by atoms with Crippen molar-refractivity contribution in [1.82, 2.24) is 25.4 Å². The molecule has 1 aliphatic heterocycles. The molecule has 7 heteroatoms. The predicted molar refractivity (Wildman–Crippen MR) is 81.2 cm³/mol. The quantitative estimate of drug-likeness (QED) is 0.820. The molecule has 1 atom stereocenters. The van der Waals surface area contributed by atoms with Crippen LogP contribution in [0.15, 0.2) is 23.8 Å². The van der Waals surface area contributed by atoms with Crippen LogP contribution >= 0.6 is 11.3 Å². The number of rotatable bonds is 6. The average molecular weight is 305 g/mol. The molecule has 2 N–H and O–H groups in total. The van der Waals surface area contributed by atoms with Crippen molar-refractivity contribution in [2.75, 3.05) is 13.1 Å². The number of amides is 1. The van der Waals surface area contributed by atoms with Crippen molar-refractivity contribution in [3.05, 3.63) is 34.5 Å². The summed E-state index contributed by atoms with van der Waals surface area (Å²) in [7, 11) is 0. The molecule has 3 rings (SSSR count). The van der Waals surface area contributed by atoms with Crippen LogP contribution in [0.3, 0.4) is 0 Å². The maximum Gasteiger partial charge on any atom is 0.233 e. The normalized spacial score (nSPS) is 17.4. The van der Waals surface area contributed by atoms with Gasteiger partial charge in [-0.1, -0.05) is 6.07 Å². The first-order chi connectivity index (χ1) is 10.3. The third kappa shape index (κ3) is 3.89. The lowest BCUT2D eigenvalue weighted by molar-refractivity contribution is -0.120. The summed E-state index contributed by atoms with van der Waals surface area (Å²) in [6.07, 6.45) is 4.41. The molecule has 0 fully saturated rings. The zero-order chi connectivity index (χ0) is 14.5. The molecule has 6 nitrogen and oxygen atoms in total. The van der Waals surface area contributed by atoms with Crippen molar-refractivity contribution < 1.29 is 4.79 Å². The van der Waals surface area contributed by atoms with E-state index in [4.69, 9.17) is 0 Å². The summed E-state index contributed by atoms with van der Waals surface area (Å²) < 4.78 is 1.91. The number of aryl methyl sites for hydroxylation is 1. The molecule has 2 aromatic heterocycles. The second kappa shape index (κ2) is 6.82. The van der Waals surface area contributed by atoms with Crippen LogP contribution in [0.25, 0.3) is 0 Å². The largest absolute Gasteiger partial charge is 0.355 e. The summed E-state index contributed by atoms with van der Waals surface area (Å²) in [4.78, 5) is 17.3. The lowest BCUT2D eigenvalue weighted by atomic mass is 10.1. The minimum absolute atomic E-state index is 0.0518. The van der Waals surface area contributed by atoms with Gasteiger partial charge in [0.1, 0.15) is 12.2 Å². The Balaban J connectivity index is 1.34. The molecule has 1 unspecified atom stereocenters. The Morgan fingerprint density at radius 2 is 2.48 bits per heavy atom. The maximum absolute atomic E-state index is 11.8. The zero-order valence-electron chi connectivity index (χ0n) is 11.8. The molecular formula is C14H19N5OS. The van der Waals surface area contributed by atoms with Crippen LogP contribution in [-0.2, 0) is 24.2 Å². The van der Waals surface area contributed by atoms with Gasteiger partial charge in [-0.15, -0.1) is 11.3 Å². The number of carbonyl (C=O) groups is 1. The monoisotopic (exact) mass is 305 g/mol.